The summed E-state index contributed by atoms with van der Waals surface area (Å²) >= 11 is 1.40. The monoisotopic (exact) mass is 410 g/mol. The zero-order valence-electron chi connectivity index (χ0n) is 17.2. The number of nitrogens with zero attached hydrogens (tertiary/aromatic N) is 3. The van der Waals surface area contributed by atoms with Crippen LogP contribution in [0.4, 0.5) is 5.69 Å². The third-order valence-electron chi connectivity index (χ3n) is 4.63. The number of hydrogen-bond donors (Lipinski definition) is 1. The Morgan fingerprint density at radius 2 is 1.90 bits per heavy atom. The van der Waals surface area contributed by atoms with Gasteiger partial charge in [0.05, 0.1) is 12.9 Å². The number of aryl methyl sites for hydroxylation is 2. The van der Waals surface area contributed by atoms with Gasteiger partial charge >= 0.3 is 0 Å². The predicted octanol–water partition coefficient (Wildman–Crippen LogP) is 4.25. The number of thioether (sulfide) groups is 1. The van der Waals surface area contributed by atoms with Gasteiger partial charge in [0.15, 0.2) is 5.16 Å². The lowest BCUT2D eigenvalue weighted by Crippen LogP contribution is -2.15. The molecule has 1 heterocycles. The normalized spacial score (nSPS) is 10.8. The van der Waals surface area contributed by atoms with Crippen LogP contribution in [0.25, 0.3) is 0 Å². The highest BCUT2D eigenvalue weighted by atomic mass is 32.2. The fourth-order valence-electron chi connectivity index (χ4n) is 2.99. The van der Waals surface area contributed by atoms with Gasteiger partial charge in [-0.2, -0.15) is 0 Å². The minimum absolute atomic E-state index is 0.0499. The first kappa shape index (κ1) is 20.9. The molecule has 0 saturated carbocycles. The van der Waals surface area contributed by atoms with E-state index >= 15 is 0 Å². The fourth-order valence-corrected chi connectivity index (χ4v) is 3.81. The van der Waals surface area contributed by atoms with Gasteiger partial charge in [0, 0.05) is 18.7 Å². The van der Waals surface area contributed by atoms with Gasteiger partial charge in [-0.05, 0) is 55.7 Å². The number of methoxy groups -OCH3 is 1. The molecule has 1 amide bonds. The fraction of sp³-hybridized carbons (Fsp3) is 0.318. The third kappa shape index (κ3) is 5.38. The molecular weight excluding hydrogens is 384 g/mol. The van der Waals surface area contributed by atoms with Gasteiger partial charge in [-0.25, -0.2) is 0 Å². The number of hydrogen-bond acceptors (Lipinski definition) is 5. The minimum atomic E-state index is -0.0499. The molecule has 0 spiro atoms. The summed E-state index contributed by atoms with van der Waals surface area (Å²) in [6.07, 6.45) is 0.681. The summed E-state index contributed by atoms with van der Waals surface area (Å²) in [5.74, 6) is 1.95. The molecule has 6 nitrogen and oxygen atoms in total. The summed E-state index contributed by atoms with van der Waals surface area (Å²) < 4.78 is 7.26. The summed E-state index contributed by atoms with van der Waals surface area (Å²) in [5, 5.41) is 12.4. The number of ether oxygens (including phenoxy) is 1. The molecule has 0 aliphatic rings. The molecule has 0 bridgehead atoms. The van der Waals surface area contributed by atoms with Crippen molar-refractivity contribution in [2.24, 2.45) is 0 Å². The van der Waals surface area contributed by atoms with Gasteiger partial charge in [0.1, 0.15) is 11.6 Å². The van der Waals surface area contributed by atoms with Crippen molar-refractivity contribution in [3.8, 4) is 5.75 Å². The van der Waals surface area contributed by atoms with Crippen LogP contribution in [0.15, 0.2) is 47.6 Å². The van der Waals surface area contributed by atoms with Crippen molar-refractivity contribution >= 4 is 23.4 Å². The van der Waals surface area contributed by atoms with E-state index in [0.29, 0.717) is 6.42 Å². The lowest BCUT2D eigenvalue weighted by Gasteiger charge is -2.10. The summed E-state index contributed by atoms with van der Waals surface area (Å²) in [6.45, 7) is 6.81. The quantitative estimate of drug-likeness (QED) is 0.563. The summed E-state index contributed by atoms with van der Waals surface area (Å²) in [5.41, 5.74) is 4.16. The Labute approximate surface area is 175 Å². The molecule has 0 unspecified atom stereocenters. The smallest absolute Gasteiger partial charge is 0.234 e. The molecule has 0 aliphatic carbocycles. The second-order valence-corrected chi connectivity index (χ2v) is 7.77. The van der Waals surface area contributed by atoms with Crippen molar-refractivity contribution in [2.75, 3.05) is 18.2 Å². The molecule has 0 saturated heterocycles. The van der Waals surface area contributed by atoms with Crippen LogP contribution in [0.1, 0.15) is 29.4 Å². The maximum absolute atomic E-state index is 12.4. The van der Waals surface area contributed by atoms with E-state index in [1.807, 2.05) is 56.3 Å². The number of carbonyl (C=O) groups excluding carboxylic acids is 1. The zero-order chi connectivity index (χ0) is 20.8. The molecule has 0 fully saturated rings. The highest BCUT2D eigenvalue weighted by Gasteiger charge is 2.14. The second-order valence-electron chi connectivity index (χ2n) is 6.82. The average Bonchev–Trinajstić information content (AvgIpc) is 3.11. The first-order valence-electron chi connectivity index (χ1n) is 9.55. The number of nitrogens with one attached hydrogen (secondary N) is 1. The minimum Gasteiger partial charge on any atom is -0.497 e. The maximum atomic E-state index is 12.4. The number of anilines is 1. The van der Waals surface area contributed by atoms with Crippen molar-refractivity contribution in [3.05, 3.63) is 65.0 Å². The summed E-state index contributed by atoms with van der Waals surface area (Å²) in [4.78, 5) is 12.4. The lowest BCUT2D eigenvalue weighted by molar-refractivity contribution is -0.113. The van der Waals surface area contributed by atoms with E-state index in [9.17, 15) is 4.79 Å². The van der Waals surface area contributed by atoms with Gasteiger partial charge in [0.2, 0.25) is 5.91 Å². The highest BCUT2D eigenvalue weighted by molar-refractivity contribution is 7.99. The molecule has 152 valence electrons. The van der Waals surface area contributed by atoms with Crippen LogP contribution in [-0.4, -0.2) is 33.5 Å². The molecule has 3 aromatic rings. The first-order valence-corrected chi connectivity index (χ1v) is 10.5. The van der Waals surface area contributed by atoms with E-state index in [1.165, 1.54) is 11.8 Å². The SMILES string of the molecule is CCn1c(Cc2ccc(OC)cc2)nnc1SCC(=O)Nc1cc(C)ccc1C. The topological polar surface area (TPSA) is 69.0 Å². The van der Waals surface area contributed by atoms with Crippen LogP contribution in [0, 0.1) is 13.8 Å². The Kier molecular flexibility index (Phi) is 6.93. The molecule has 0 radical (unpaired) electrons. The Bertz CT molecular complexity index is 983. The van der Waals surface area contributed by atoms with Crippen LogP contribution in [0.2, 0.25) is 0 Å². The van der Waals surface area contributed by atoms with Gasteiger partial charge in [0.25, 0.3) is 0 Å². The van der Waals surface area contributed by atoms with Gasteiger partial charge < -0.3 is 14.6 Å². The lowest BCUT2D eigenvalue weighted by atomic mass is 10.1. The van der Waals surface area contributed by atoms with Crippen LogP contribution in [0.3, 0.4) is 0 Å². The van der Waals surface area contributed by atoms with E-state index in [0.717, 1.165) is 45.7 Å². The Morgan fingerprint density at radius 1 is 1.14 bits per heavy atom. The van der Waals surface area contributed by atoms with Crippen LogP contribution >= 0.6 is 11.8 Å². The highest BCUT2D eigenvalue weighted by Crippen LogP contribution is 2.21. The first-order chi connectivity index (χ1) is 14.0. The second kappa shape index (κ2) is 9.60. The van der Waals surface area contributed by atoms with Gasteiger partial charge in [-0.1, -0.05) is 36.0 Å². The number of aromatic nitrogens is 3. The van der Waals surface area contributed by atoms with Crippen LogP contribution in [0.5, 0.6) is 5.75 Å². The Hall–Kier alpha value is -2.80. The van der Waals surface area contributed by atoms with E-state index in [4.69, 9.17) is 4.74 Å². The number of carbonyl (C=O) groups is 1. The predicted molar refractivity (Wildman–Crippen MR) is 117 cm³/mol. The average molecular weight is 411 g/mol. The Morgan fingerprint density at radius 3 is 2.59 bits per heavy atom. The van der Waals surface area contributed by atoms with E-state index in [1.54, 1.807) is 7.11 Å². The maximum Gasteiger partial charge on any atom is 0.234 e. The van der Waals surface area contributed by atoms with Crippen molar-refractivity contribution in [1.82, 2.24) is 14.8 Å². The van der Waals surface area contributed by atoms with Crippen LogP contribution < -0.4 is 10.1 Å². The van der Waals surface area contributed by atoms with E-state index in [2.05, 4.69) is 27.0 Å². The van der Waals surface area contributed by atoms with E-state index in [-0.39, 0.29) is 11.7 Å². The molecule has 2 aromatic carbocycles. The van der Waals surface area contributed by atoms with Gasteiger partial charge in [-0.3, -0.25) is 4.79 Å². The number of amides is 1. The van der Waals surface area contributed by atoms with Crippen molar-refractivity contribution in [1.29, 1.82) is 0 Å². The Balaban J connectivity index is 1.63. The standard InChI is InChI=1S/C22H26N4O2S/c1-5-26-20(13-17-8-10-18(28-4)11-9-17)24-25-22(26)29-14-21(27)23-19-12-15(2)6-7-16(19)3/h6-12H,5,13-14H2,1-4H3,(H,23,27). The molecular formula is C22H26N4O2S. The molecule has 0 aliphatic heterocycles. The number of benzene rings is 2. The molecule has 29 heavy (non-hydrogen) atoms. The van der Waals surface area contributed by atoms with Crippen molar-refractivity contribution in [2.45, 2.75) is 38.9 Å². The summed E-state index contributed by atoms with van der Waals surface area (Å²) in [6, 6.07) is 14.0. The van der Waals surface area contributed by atoms with Crippen LogP contribution in [-0.2, 0) is 17.8 Å². The largest absolute Gasteiger partial charge is 0.497 e. The van der Waals surface area contributed by atoms with E-state index < -0.39 is 0 Å². The molecule has 1 N–H and O–H groups in total. The molecule has 3 rings (SSSR count). The molecule has 0 atom stereocenters. The van der Waals surface area contributed by atoms with Gasteiger partial charge in [-0.15, -0.1) is 10.2 Å². The number of rotatable bonds is 8. The zero-order valence-corrected chi connectivity index (χ0v) is 18.0. The van der Waals surface area contributed by atoms with Crippen molar-refractivity contribution in [3.63, 3.8) is 0 Å². The molecule has 7 heteroatoms. The molecule has 1 aromatic heterocycles. The van der Waals surface area contributed by atoms with Crippen molar-refractivity contribution < 1.29 is 9.53 Å². The summed E-state index contributed by atoms with van der Waals surface area (Å²) in [7, 11) is 1.66. The third-order valence-corrected chi connectivity index (χ3v) is 5.60.